The summed E-state index contributed by atoms with van der Waals surface area (Å²) in [7, 11) is 1.24. The minimum absolute atomic E-state index is 0.232. The lowest BCUT2D eigenvalue weighted by molar-refractivity contribution is 0.101. The van der Waals surface area contributed by atoms with Crippen molar-refractivity contribution in [3.05, 3.63) is 86.9 Å². The second-order valence-electron chi connectivity index (χ2n) is 5.20. The van der Waals surface area contributed by atoms with Gasteiger partial charge in [-0.05, 0) is 36.4 Å². The molecule has 0 aliphatic rings. The molecule has 2 aromatic carbocycles. The Morgan fingerprint density at radius 1 is 1.04 bits per heavy atom. The van der Waals surface area contributed by atoms with Crippen LogP contribution in [-0.2, 0) is 7.05 Å². The van der Waals surface area contributed by atoms with E-state index in [4.69, 9.17) is 0 Å². The Balaban J connectivity index is 2.08. The Morgan fingerprint density at radius 2 is 1.68 bits per heavy atom. The summed E-state index contributed by atoms with van der Waals surface area (Å²) in [6, 6.07) is 13.5. The van der Waals surface area contributed by atoms with Gasteiger partial charge in [0.15, 0.2) is 0 Å². The van der Waals surface area contributed by atoms with E-state index in [1.165, 1.54) is 19.2 Å². The summed E-state index contributed by atoms with van der Waals surface area (Å²) in [6.45, 7) is 0. The third-order valence-electron chi connectivity index (χ3n) is 3.49. The fraction of sp³-hybridized carbons (Fsp3) is 0.0588. The molecule has 3 rings (SSSR count). The first-order chi connectivity index (χ1) is 12.0. The average molecular weight is 340 g/mol. The van der Waals surface area contributed by atoms with Crippen LogP contribution < -0.4 is 16.6 Å². The summed E-state index contributed by atoms with van der Waals surface area (Å²) >= 11 is 0. The number of carbonyl (C=O) groups excluding carboxylic acids is 1. The lowest BCUT2D eigenvalue weighted by Gasteiger charge is -2.09. The van der Waals surface area contributed by atoms with Gasteiger partial charge in [-0.25, -0.2) is 9.18 Å². The average Bonchev–Trinajstić information content (AvgIpc) is 2.62. The summed E-state index contributed by atoms with van der Waals surface area (Å²) in [5, 5.41) is 6.41. The molecular formula is C17H13FN4O3. The van der Waals surface area contributed by atoms with Crippen molar-refractivity contribution in [1.29, 1.82) is 0 Å². The number of hydrogen-bond donors (Lipinski definition) is 1. The zero-order valence-corrected chi connectivity index (χ0v) is 13.1. The Labute approximate surface area is 141 Å². The number of para-hydroxylation sites is 1. The molecule has 0 atom stereocenters. The molecule has 3 aromatic rings. The van der Waals surface area contributed by atoms with Crippen LogP contribution >= 0.6 is 0 Å². The van der Waals surface area contributed by atoms with Crippen molar-refractivity contribution in [1.82, 2.24) is 14.3 Å². The summed E-state index contributed by atoms with van der Waals surface area (Å²) in [4.78, 5) is 36.8. The zero-order valence-electron chi connectivity index (χ0n) is 13.1. The molecule has 0 aliphatic heterocycles. The summed E-state index contributed by atoms with van der Waals surface area (Å²) in [6.07, 6.45) is 0. The Hall–Kier alpha value is -3.55. The SMILES string of the molecule is Cn1c(=O)c(C(=O)Nc2ccccc2)nn(-c2ccc(F)cc2)c1=O. The van der Waals surface area contributed by atoms with Gasteiger partial charge < -0.3 is 5.32 Å². The highest BCUT2D eigenvalue weighted by Crippen LogP contribution is 2.07. The third-order valence-corrected chi connectivity index (χ3v) is 3.49. The number of nitrogens with zero attached hydrogens (tertiary/aromatic N) is 3. The van der Waals surface area contributed by atoms with Crippen molar-refractivity contribution < 1.29 is 9.18 Å². The zero-order chi connectivity index (χ0) is 18.0. The van der Waals surface area contributed by atoms with Crippen LogP contribution in [0, 0.1) is 5.82 Å². The molecule has 0 bridgehead atoms. The van der Waals surface area contributed by atoms with Gasteiger partial charge in [0.25, 0.3) is 11.5 Å². The minimum Gasteiger partial charge on any atom is -0.320 e. The van der Waals surface area contributed by atoms with Crippen LogP contribution in [0.2, 0.25) is 0 Å². The molecule has 25 heavy (non-hydrogen) atoms. The fourth-order valence-corrected chi connectivity index (χ4v) is 2.18. The van der Waals surface area contributed by atoms with Gasteiger partial charge in [0.05, 0.1) is 5.69 Å². The van der Waals surface area contributed by atoms with Crippen LogP contribution in [0.25, 0.3) is 5.69 Å². The highest BCUT2D eigenvalue weighted by molar-refractivity contribution is 6.02. The maximum absolute atomic E-state index is 13.1. The van der Waals surface area contributed by atoms with Gasteiger partial charge in [-0.2, -0.15) is 9.78 Å². The van der Waals surface area contributed by atoms with Crippen molar-refractivity contribution in [3.63, 3.8) is 0 Å². The largest absolute Gasteiger partial charge is 0.351 e. The lowest BCUT2D eigenvalue weighted by Crippen LogP contribution is -2.43. The first-order valence-electron chi connectivity index (χ1n) is 7.30. The van der Waals surface area contributed by atoms with E-state index >= 15 is 0 Å². The Morgan fingerprint density at radius 3 is 2.32 bits per heavy atom. The van der Waals surface area contributed by atoms with E-state index in [1.807, 2.05) is 0 Å². The molecule has 1 N–H and O–H groups in total. The molecule has 0 radical (unpaired) electrons. The number of aromatic nitrogens is 3. The second kappa shape index (κ2) is 6.52. The molecule has 1 heterocycles. The van der Waals surface area contributed by atoms with Gasteiger partial charge in [-0.3, -0.25) is 14.2 Å². The minimum atomic E-state index is -0.822. The van der Waals surface area contributed by atoms with E-state index in [-0.39, 0.29) is 5.69 Å². The van der Waals surface area contributed by atoms with E-state index in [1.54, 1.807) is 30.3 Å². The molecule has 0 saturated carbocycles. The van der Waals surface area contributed by atoms with Crippen molar-refractivity contribution >= 4 is 11.6 Å². The first-order valence-corrected chi connectivity index (χ1v) is 7.30. The molecule has 126 valence electrons. The lowest BCUT2D eigenvalue weighted by atomic mass is 10.3. The standard InChI is InChI=1S/C17H13FN4O3/c1-21-16(24)14(15(23)19-12-5-3-2-4-6-12)20-22(17(21)25)13-9-7-11(18)8-10-13/h2-10H,1H3,(H,19,23). The van der Waals surface area contributed by atoms with Crippen LogP contribution in [0.15, 0.2) is 64.2 Å². The van der Waals surface area contributed by atoms with Gasteiger partial charge in [0.1, 0.15) is 5.82 Å². The number of amides is 1. The number of halogens is 1. The van der Waals surface area contributed by atoms with Gasteiger partial charge in [-0.15, -0.1) is 0 Å². The summed E-state index contributed by atoms with van der Waals surface area (Å²) in [5.41, 5.74) is -1.30. The quantitative estimate of drug-likeness (QED) is 0.779. The monoisotopic (exact) mass is 340 g/mol. The predicted molar refractivity (Wildman–Crippen MR) is 89.4 cm³/mol. The van der Waals surface area contributed by atoms with Crippen molar-refractivity contribution in [2.75, 3.05) is 5.32 Å². The van der Waals surface area contributed by atoms with Crippen molar-refractivity contribution in [3.8, 4) is 5.69 Å². The van der Waals surface area contributed by atoms with Crippen LogP contribution in [0.4, 0.5) is 10.1 Å². The van der Waals surface area contributed by atoms with Gasteiger partial charge in [0.2, 0.25) is 5.69 Å². The molecule has 0 unspecified atom stereocenters. The number of anilines is 1. The highest BCUT2D eigenvalue weighted by Gasteiger charge is 2.18. The number of nitrogens with one attached hydrogen (secondary N) is 1. The smallest absolute Gasteiger partial charge is 0.320 e. The van der Waals surface area contributed by atoms with Crippen LogP contribution in [0.3, 0.4) is 0 Å². The highest BCUT2D eigenvalue weighted by atomic mass is 19.1. The fourth-order valence-electron chi connectivity index (χ4n) is 2.18. The number of hydrogen-bond acceptors (Lipinski definition) is 4. The molecule has 0 saturated heterocycles. The molecule has 7 nitrogen and oxygen atoms in total. The van der Waals surface area contributed by atoms with E-state index in [9.17, 15) is 18.8 Å². The number of rotatable bonds is 3. The molecular weight excluding hydrogens is 327 g/mol. The summed E-state index contributed by atoms with van der Waals surface area (Å²) < 4.78 is 14.7. The van der Waals surface area contributed by atoms with Gasteiger partial charge >= 0.3 is 5.69 Å². The van der Waals surface area contributed by atoms with Crippen molar-refractivity contribution in [2.24, 2.45) is 7.05 Å². The molecule has 8 heteroatoms. The normalized spacial score (nSPS) is 10.5. The maximum Gasteiger partial charge on any atom is 0.351 e. The Bertz CT molecular complexity index is 1040. The van der Waals surface area contributed by atoms with E-state index in [2.05, 4.69) is 10.4 Å². The molecule has 0 aliphatic carbocycles. The predicted octanol–water partition coefficient (Wildman–Crippen LogP) is 1.32. The van der Waals surface area contributed by atoms with Gasteiger partial charge in [0, 0.05) is 12.7 Å². The topological polar surface area (TPSA) is 86.0 Å². The second-order valence-corrected chi connectivity index (χ2v) is 5.20. The number of carbonyl (C=O) groups is 1. The van der Waals surface area contributed by atoms with Crippen molar-refractivity contribution in [2.45, 2.75) is 0 Å². The van der Waals surface area contributed by atoms with E-state index in [0.29, 0.717) is 5.69 Å². The van der Waals surface area contributed by atoms with Crippen LogP contribution in [-0.4, -0.2) is 20.3 Å². The maximum atomic E-state index is 13.1. The van der Waals surface area contributed by atoms with Gasteiger partial charge in [-0.1, -0.05) is 18.2 Å². The first kappa shape index (κ1) is 16.3. The molecule has 1 amide bonds. The third kappa shape index (κ3) is 3.23. The molecule has 1 aromatic heterocycles. The number of benzene rings is 2. The molecule has 0 fully saturated rings. The van der Waals surface area contributed by atoms with Crippen LogP contribution in [0.5, 0.6) is 0 Å². The van der Waals surface area contributed by atoms with Crippen LogP contribution in [0.1, 0.15) is 10.5 Å². The molecule has 0 spiro atoms. The summed E-state index contributed by atoms with van der Waals surface area (Å²) in [5.74, 6) is -1.23. The van der Waals surface area contributed by atoms with E-state index in [0.717, 1.165) is 21.4 Å². The Kier molecular flexibility index (Phi) is 4.25. The van der Waals surface area contributed by atoms with E-state index < -0.39 is 28.7 Å².